The second-order valence-electron chi connectivity index (χ2n) is 6.11. The summed E-state index contributed by atoms with van der Waals surface area (Å²) in [6.07, 6.45) is 5.84. The first-order valence-corrected chi connectivity index (χ1v) is 8.43. The predicted octanol–water partition coefficient (Wildman–Crippen LogP) is 4.14. The largest absolute Gasteiger partial charge is 0.492 e. The molecular weight excluding hydrogens is 260 g/mol. The molecule has 0 aromatic carbocycles. The number of aryl methyl sites for hydroxylation is 2. The van der Waals surface area contributed by atoms with Crippen LogP contribution in [0, 0.1) is 12.8 Å². The van der Waals surface area contributed by atoms with Gasteiger partial charge in [-0.3, -0.25) is 4.98 Å². The van der Waals surface area contributed by atoms with Crippen LogP contribution in [0.1, 0.15) is 57.8 Å². The topological polar surface area (TPSA) is 34.1 Å². The molecule has 1 N–H and O–H groups in total. The molecule has 1 rings (SSSR count). The molecule has 0 saturated heterocycles. The van der Waals surface area contributed by atoms with Crippen LogP contribution in [-0.4, -0.2) is 24.7 Å². The monoisotopic (exact) mass is 292 g/mol. The maximum atomic E-state index is 5.86. The molecule has 21 heavy (non-hydrogen) atoms. The van der Waals surface area contributed by atoms with Crippen LogP contribution >= 0.6 is 0 Å². The predicted molar refractivity (Wildman–Crippen MR) is 90.0 cm³/mol. The molecule has 0 fully saturated rings. The lowest BCUT2D eigenvalue weighted by Crippen LogP contribution is -2.20. The lowest BCUT2D eigenvalue weighted by atomic mass is 10.2. The van der Waals surface area contributed by atoms with Gasteiger partial charge in [-0.15, -0.1) is 0 Å². The maximum absolute atomic E-state index is 5.86. The van der Waals surface area contributed by atoms with Crippen LogP contribution in [0.2, 0.25) is 0 Å². The van der Waals surface area contributed by atoms with Crippen molar-refractivity contribution in [1.82, 2.24) is 10.3 Å². The molecule has 0 bridgehead atoms. The Morgan fingerprint density at radius 2 is 1.90 bits per heavy atom. The lowest BCUT2D eigenvalue weighted by molar-refractivity contribution is 0.300. The molecular formula is C18H32N2O. The third kappa shape index (κ3) is 8.05. The number of nitrogens with one attached hydrogen (secondary N) is 1. The molecule has 1 heterocycles. The zero-order valence-corrected chi connectivity index (χ0v) is 14.2. The normalized spacial score (nSPS) is 11.1. The average Bonchev–Trinajstić information content (AvgIpc) is 2.46. The van der Waals surface area contributed by atoms with E-state index in [1.54, 1.807) is 0 Å². The lowest BCUT2D eigenvalue weighted by Gasteiger charge is -2.10. The number of rotatable bonds is 11. The van der Waals surface area contributed by atoms with Crippen molar-refractivity contribution in [2.45, 2.75) is 59.8 Å². The summed E-state index contributed by atoms with van der Waals surface area (Å²) in [5.74, 6) is 1.70. The minimum atomic E-state index is 0.745. The van der Waals surface area contributed by atoms with Gasteiger partial charge in [-0.2, -0.15) is 0 Å². The number of hydrogen-bond acceptors (Lipinski definition) is 3. The van der Waals surface area contributed by atoms with Crippen molar-refractivity contribution in [2.75, 3.05) is 19.7 Å². The van der Waals surface area contributed by atoms with E-state index in [0.717, 1.165) is 55.6 Å². The summed E-state index contributed by atoms with van der Waals surface area (Å²) in [5, 5.41) is 3.48. The third-order valence-electron chi connectivity index (χ3n) is 3.46. The van der Waals surface area contributed by atoms with Gasteiger partial charge >= 0.3 is 0 Å². The summed E-state index contributed by atoms with van der Waals surface area (Å²) >= 11 is 0. The quantitative estimate of drug-likeness (QED) is 0.622. The highest BCUT2D eigenvalue weighted by Gasteiger charge is 2.03. The minimum absolute atomic E-state index is 0.745. The number of nitrogens with zero attached hydrogens (tertiary/aromatic N) is 1. The zero-order valence-electron chi connectivity index (χ0n) is 14.2. The summed E-state index contributed by atoms with van der Waals surface area (Å²) < 4.78 is 5.86. The van der Waals surface area contributed by atoms with E-state index in [1.165, 1.54) is 19.3 Å². The van der Waals surface area contributed by atoms with E-state index in [1.807, 2.05) is 13.0 Å². The second kappa shape index (κ2) is 10.6. The van der Waals surface area contributed by atoms with E-state index >= 15 is 0 Å². The maximum Gasteiger partial charge on any atom is 0.140 e. The van der Waals surface area contributed by atoms with Gasteiger partial charge in [-0.1, -0.05) is 33.6 Å². The van der Waals surface area contributed by atoms with Crippen LogP contribution in [0.25, 0.3) is 0 Å². The van der Waals surface area contributed by atoms with Crippen molar-refractivity contribution < 1.29 is 4.74 Å². The fourth-order valence-electron chi connectivity index (χ4n) is 2.26. The molecule has 3 nitrogen and oxygen atoms in total. The highest BCUT2D eigenvalue weighted by molar-refractivity contribution is 5.29. The van der Waals surface area contributed by atoms with E-state index in [4.69, 9.17) is 4.74 Å². The van der Waals surface area contributed by atoms with E-state index in [0.29, 0.717) is 0 Å². The minimum Gasteiger partial charge on any atom is -0.492 e. The smallest absolute Gasteiger partial charge is 0.140 e. The van der Waals surface area contributed by atoms with Gasteiger partial charge in [0.1, 0.15) is 5.75 Å². The first-order valence-electron chi connectivity index (χ1n) is 8.43. The van der Waals surface area contributed by atoms with Gasteiger partial charge in [-0.05, 0) is 57.3 Å². The molecule has 0 amide bonds. The van der Waals surface area contributed by atoms with E-state index in [9.17, 15) is 0 Å². The molecule has 0 saturated carbocycles. The van der Waals surface area contributed by atoms with Crippen LogP contribution in [0.5, 0.6) is 5.75 Å². The molecule has 1 aromatic heterocycles. The zero-order chi connectivity index (χ0) is 15.5. The van der Waals surface area contributed by atoms with Gasteiger partial charge in [-0.25, -0.2) is 0 Å². The van der Waals surface area contributed by atoms with Gasteiger partial charge in [0.2, 0.25) is 0 Å². The number of pyridine rings is 1. The highest BCUT2D eigenvalue weighted by Crippen LogP contribution is 2.17. The van der Waals surface area contributed by atoms with Crippen molar-refractivity contribution in [3.8, 4) is 5.75 Å². The van der Waals surface area contributed by atoms with Crippen molar-refractivity contribution in [2.24, 2.45) is 5.92 Å². The fourth-order valence-corrected chi connectivity index (χ4v) is 2.26. The van der Waals surface area contributed by atoms with Crippen LogP contribution in [0.4, 0.5) is 0 Å². The Labute approximate surface area is 130 Å². The Morgan fingerprint density at radius 1 is 1.14 bits per heavy atom. The van der Waals surface area contributed by atoms with Crippen LogP contribution in [0.3, 0.4) is 0 Å². The molecule has 0 aliphatic carbocycles. The first kappa shape index (κ1) is 18.0. The molecule has 120 valence electrons. The number of aromatic nitrogens is 1. The summed E-state index contributed by atoms with van der Waals surface area (Å²) in [7, 11) is 0. The highest BCUT2D eigenvalue weighted by atomic mass is 16.5. The molecule has 0 spiro atoms. The first-order chi connectivity index (χ1) is 10.1. The summed E-state index contributed by atoms with van der Waals surface area (Å²) in [4.78, 5) is 4.52. The van der Waals surface area contributed by atoms with Gasteiger partial charge in [0.25, 0.3) is 0 Å². The van der Waals surface area contributed by atoms with E-state index in [2.05, 4.69) is 37.1 Å². The van der Waals surface area contributed by atoms with Crippen LogP contribution in [-0.2, 0) is 6.42 Å². The van der Waals surface area contributed by atoms with Crippen molar-refractivity contribution in [1.29, 1.82) is 0 Å². The number of hydrogen-bond donors (Lipinski definition) is 1. The van der Waals surface area contributed by atoms with Crippen molar-refractivity contribution in [3.05, 3.63) is 23.5 Å². The molecule has 0 aliphatic rings. The Kier molecular flexibility index (Phi) is 9.07. The van der Waals surface area contributed by atoms with Gasteiger partial charge < -0.3 is 10.1 Å². The molecule has 0 radical (unpaired) electrons. The van der Waals surface area contributed by atoms with Crippen molar-refractivity contribution in [3.63, 3.8) is 0 Å². The molecule has 0 aliphatic heterocycles. The Morgan fingerprint density at radius 3 is 2.62 bits per heavy atom. The van der Waals surface area contributed by atoms with Crippen molar-refractivity contribution >= 4 is 0 Å². The van der Waals surface area contributed by atoms with Gasteiger partial charge in [0.15, 0.2) is 0 Å². The standard InChI is InChI=1S/C18H32N2O/c1-5-17-18(11-10-16(4)20-17)21-13-9-7-6-8-12-19-14-15(2)3/h10-11,15,19H,5-9,12-14H2,1-4H3. The van der Waals surface area contributed by atoms with Crippen LogP contribution in [0.15, 0.2) is 12.1 Å². The Hall–Kier alpha value is -1.09. The average molecular weight is 292 g/mol. The molecule has 0 atom stereocenters. The van der Waals surface area contributed by atoms with Crippen LogP contribution < -0.4 is 10.1 Å². The number of ether oxygens (including phenoxy) is 1. The third-order valence-corrected chi connectivity index (χ3v) is 3.46. The molecule has 3 heteroatoms. The molecule has 0 unspecified atom stereocenters. The Balaban J connectivity index is 2.07. The number of unbranched alkanes of at least 4 members (excludes halogenated alkanes) is 3. The second-order valence-corrected chi connectivity index (χ2v) is 6.11. The fraction of sp³-hybridized carbons (Fsp3) is 0.722. The summed E-state index contributed by atoms with van der Waals surface area (Å²) in [6.45, 7) is 11.7. The van der Waals surface area contributed by atoms with Gasteiger partial charge in [0, 0.05) is 5.69 Å². The summed E-state index contributed by atoms with van der Waals surface area (Å²) in [6, 6.07) is 4.08. The Bertz CT molecular complexity index is 391. The van der Waals surface area contributed by atoms with E-state index in [-0.39, 0.29) is 0 Å². The SMILES string of the molecule is CCc1nc(C)ccc1OCCCCCCNCC(C)C. The summed E-state index contributed by atoms with van der Waals surface area (Å²) in [5.41, 5.74) is 2.14. The van der Waals surface area contributed by atoms with Gasteiger partial charge in [0.05, 0.1) is 12.3 Å². The van der Waals surface area contributed by atoms with E-state index < -0.39 is 0 Å². The molecule has 1 aromatic rings.